The van der Waals surface area contributed by atoms with E-state index in [0.29, 0.717) is 24.6 Å². The fourth-order valence-corrected chi connectivity index (χ4v) is 5.93. The zero-order valence-corrected chi connectivity index (χ0v) is 21.4. The van der Waals surface area contributed by atoms with E-state index in [1.165, 1.54) is 0 Å². The van der Waals surface area contributed by atoms with Crippen molar-refractivity contribution in [2.24, 2.45) is 11.8 Å². The van der Waals surface area contributed by atoms with Gasteiger partial charge in [0.05, 0.1) is 16.8 Å². The summed E-state index contributed by atoms with van der Waals surface area (Å²) < 4.78 is 0. The Hall–Kier alpha value is -3.73. The summed E-state index contributed by atoms with van der Waals surface area (Å²) in [4.78, 5) is 35.9. The highest BCUT2D eigenvalue weighted by molar-refractivity contribution is 6.08. The molecule has 0 aliphatic carbocycles. The molecular formula is C32H33N3O2. The van der Waals surface area contributed by atoms with Gasteiger partial charge in [0.15, 0.2) is 0 Å². The smallest absolute Gasteiger partial charge is 0.254 e. The number of fused-ring (bicyclic) bond motifs is 2. The van der Waals surface area contributed by atoms with E-state index in [4.69, 9.17) is 4.98 Å². The van der Waals surface area contributed by atoms with Crippen molar-refractivity contribution >= 4 is 33.5 Å². The second-order valence-electron chi connectivity index (χ2n) is 10.7. The zero-order valence-electron chi connectivity index (χ0n) is 21.4. The number of carbonyl (C=O) groups is 2. The molecule has 0 unspecified atom stereocenters. The van der Waals surface area contributed by atoms with Gasteiger partial charge in [-0.1, -0.05) is 67.6 Å². The van der Waals surface area contributed by atoms with E-state index in [0.717, 1.165) is 71.7 Å². The zero-order chi connectivity index (χ0) is 25.4. The molecule has 0 N–H and O–H groups in total. The standard InChI is InChI=1S/C32H33N3O2/c1-22-13-17-34(18-14-22)31(36)24-15-19-35(20-16-24)32(37)28-21-30(33-29-12-5-4-10-27(28)29)26-11-6-8-23-7-2-3-9-25(23)26/h2-12,21-22,24H,13-20H2,1H3. The molecule has 0 saturated carbocycles. The summed E-state index contributed by atoms with van der Waals surface area (Å²) in [7, 11) is 0. The van der Waals surface area contributed by atoms with Gasteiger partial charge in [0.1, 0.15) is 0 Å². The van der Waals surface area contributed by atoms with E-state index in [9.17, 15) is 9.59 Å². The summed E-state index contributed by atoms with van der Waals surface area (Å²) in [6, 6.07) is 24.3. The van der Waals surface area contributed by atoms with Crippen LogP contribution in [0.4, 0.5) is 0 Å². The topological polar surface area (TPSA) is 53.5 Å². The number of nitrogens with zero attached hydrogens (tertiary/aromatic N) is 3. The molecule has 6 rings (SSSR count). The first-order valence-electron chi connectivity index (χ1n) is 13.5. The summed E-state index contributed by atoms with van der Waals surface area (Å²) in [6.07, 6.45) is 3.65. The van der Waals surface area contributed by atoms with E-state index < -0.39 is 0 Å². The van der Waals surface area contributed by atoms with Crippen molar-refractivity contribution in [1.82, 2.24) is 14.8 Å². The fourth-order valence-electron chi connectivity index (χ4n) is 5.93. The lowest BCUT2D eigenvalue weighted by Gasteiger charge is -2.37. The summed E-state index contributed by atoms with van der Waals surface area (Å²) in [5.41, 5.74) is 3.34. The number of hydrogen-bond acceptors (Lipinski definition) is 3. The normalized spacial score (nSPS) is 17.4. The van der Waals surface area contributed by atoms with Gasteiger partial charge in [-0.25, -0.2) is 4.98 Å². The molecule has 2 aliphatic rings. The summed E-state index contributed by atoms with van der Waals surface area (Å²) >= 11 is 0. The molecule has 0 spiro atoms. The lowest BCUT2D eigenvalue weighted by Crippen LogP contribution is -2.46. The van der Waals surface area contributed by atoms with Crippen molar-refractivity contribution in [2.75, 3.05) is 26.2 Å². The first-order chi connectivity index (χ1) is 18.1. The molecular weight excluding hydrogens is 458 g/mol. The monoisotopic (exact) mass is 491 g/mol. The predicted molar refractivity (Wildman–Crippen MR) is 148 cm³/mol. The predicted octanol–water partition coefficient (Wildman–Crippen LogP) is 6.17. The minimum absolute atomic E-state index is 0.0257. The van der Waals surface area contributed by atoms with E-state index in [1.54, 1.807) is 0 Å². The van der Waals surface area contributed by atoms with Crippen LogP contribution in [0.15, 0.2) is 72.8 Å². The molecule has 0 bridgehead atoms. The number of benzene rings is 3. The van der Waals surface area contributed by atoms with Gasteiger partial charge < -0.3 is 9.80 Å². The van der Waals surface area contributed by atoms with Crippen LogP contribution in [0.25, 0.3) is 32.9 Å². The van der Waals surface area contributed by atoms with Crippen LogP contribution in [-0.2, 0) is 4.79 Å². The molecule has 3 heterocycles. The van der Waals surface area contributed by atoms with Crippen molar-refractivity contribution < 1.29 is 9.59 Å². The van der Waals surface area contributed by atoms with Gasteiger partial charge in [-0.15, -0.1) is 0 Å². The summed E-state index contributed by atoms with van der Waals surface area (Å²) in [6.45, 7) is 5.23. The Labute approximate surface area is 218 Å². The maximum absolute atomic E-state index is 13.9. The quantitative estimate of drug-likeness (QED) is 0.345. The molecule has 37 heavy (non-hydrogen) atoms. The lowest BCUT2D eigenvalue weighted by atomic mass is 9.92. The van der Waals surface area contributed by atoms with Crippen molar-refractivity contribution in [3.8, 4) is 11.3 Å². The highest BCUT2D eigenvalue weighted by atomic mass is 16.2. The van der Waals surface area contributed by atoms with Crippen LogP contribution in [0.2, 0.25) is 0 Å². The molecule has 2 amide bonds. The van der Waals surface area contributed by atoms with E-state index in [1.807, 2.05) is 53.4 Å². The molecule has 5 heteroatoms. The van der Waals surface area contributed by atoms with Gasteiger partial charge in [0, 0.05) is 43.0 Å². The largest absolute Gasteiger partial charge is 0.342 e. The van der Waals surface area contributed by atoms with Crippen LogP contribution in [0.3, 0.4) is 0 Å². The number of amides is 2. The minimum Gasteiger partial charge on any atom is -0.342 e. The SMILES string of the molecule is CC1CCN(C(=O)C2CCN(C(=O)c3cc(-c4cccc5ccccc45)nc4ccccc34)CC2)CC1. The molecule has 2 saturated heterocycles. The van der Waals surface area contributed by atoms with Crippen molar-refractivity contribution in [3.63, 3.8) is 0 Å². The molecule has 188 valence electrons. The van der Waals surface area contributed by atoms with Crippen LogP contribution < -0.4 is 0 Å². The maximum atomic E-state index is 13.9. The minimum atomic E-state index is 0.0257. The van der Waals surface area contributed by atoms with Crippen molar-refractivity contribution in [1.29, 1.82) is 0 Å². The van der Waals surface area contributed by atoms with E-state index in [2.05, 4.69) is 36.1 Å². The summed E-state index contributed by atoms with van der Waals surface area (Å²) in [5, 5.41) is 3.15. The molecule has 0 atom stereocenters. The van der Waals surface area contributed by atoms with Crippen molar-refractivity contribution in [2.45, 2.75) is 32.6 Å². The van der Waals surface area contributed by atoms with Gasteiger partial charge in [0.25, 0.3) is 5.91 Å². The summed E-state index contributed by atoms with van der Waals surface area (Å²) in [5.74, 6) is 1.04. The van der Waals surface area contributed by atoms with Crippen LogP contribution in [0.5, 0.6) is 0 Å². The van der Waals surface area contributed by atoms with Crippen LogP contribution in [0, 0.1) is 11.8 Å². The molecule has 3 aromatic carbocycles. The van der Waals surface area contributed by atoms with Gasteiger partial charge in [-0.3, -0.25) is 9.59 Å². The first kappa shape index (κ1) is 23.7. The Morgan fingerprint density at radius 3 is 2.19 bits per heavy atom. The number of likely N-dealkylation sites (tertiary alicyclic amines) is 2. The Bertz CT molecular complexity index is 1460. The van der Waals surface area contributed by atoms with Gasteiger partial charge >= 0.3 is 0 Å². The maximum Gasteiger partial charge on any atom is 0.254 e. The van der Waals surface area contributed by atoms with Crippen molar-refractivity contribution in [3.05, 3.63) is 78.4 Å². The van der Waals surface area contributed by atoms with E-state index >= 15 is 0 Å². The number of piperidine rings is 2. The third kappa shape index (κ3) is 4.59. The third-order valence-corrected chi connectivity index (χ3v) is 8.24. The fraction of sp³-hybridized carbons (Fsp3) is 0.344. The number of pyridine rings is 1. The van der Waals surface area contributed by atoms with Crippen LogP contribution >= 0.6 is 0 Å². The van der Waals surface area contributed by atoms with Crippen LogP contribution in [-0.4, -0.2) is 52.8 Å². The van der Waals surface area contributed by atoms with Gasteiger partial charge in [0.2, 0.25) is 5.91 Å². The molecule has 4 aromatic rings. The Morgan fingerprint density at radius 1 is 0.757 bits per heavy atom. The average molecular weight is 492 g/mol. The Kier molecular flexibility index (Phi) is 6.37. The number of carbonyl (C=O) groups excluding carboxylic acids is 2. The lowest BCUT2D eigenvalue weighted by molar-refractivity contribution is -0.138. The van der Waals surface area contributed by atoms with Crippen LogP contribution in [0.1, 0.15) is 43.0 Å². The number of aromatic nitrogens is 1. The number of para-hydroxylation sites is 1. The Balaban J connectivity index is 1.27. The number of rotatable bonds is 3. The van der Waals surface area contributed by atoms with Gasteiger partial charge in [-0.05, 0) is 54.5 Å². The molecule has 1 aromatic heterocycles. The average Bonchev–Trinajstić information content (AvgIpc) is 2.96. The highest BCUT2D eigenvalue weighted by Crippen LogP contribution is 2.32. The van der Waals surface area contributed by atoms with E-state index in [-0.39, 0.29) is 17.7 Å². The third-order valence-electron chi connectivity index (χ3n) is 8.24. The second-order valence-corrected chi connectivity index (χ2v) is 10.7. The highest BCUT2D eigenvalue weighted by Gasteiger charge is 2.32. The molecule has 0 radical (unpaired) electrons. The molecule has 2 aliphatic heterocycles. The Morgan fingerprint density at radius 2 is 1.41 bits per heavy atom. The molecule has 5 nitrogen and oxygen atoms in total. The first-order valence-corrected chi connectivity index (χ1v) is 13.5. The molecule has 2 fully saturated rings. The second kappa shape index (κ2) is 9.97. The number of hydrogen-bond donors (Lipinski definition) is 0. The van der Waals surface area contributed by atoms with Gasteiger partial charge in [-0.2, -0.15) is 0 Å².